The lowest BCUT2D eigenvalue weighted by molar-refractivity contribution is 0.262. The van der Waals surface area contributed by atoms with Gasteiger partial charge in [0.15, 0.2) is 0 Å². The first kappa shape index (κ1) is 21.8. The predicted octanol–water partition coefficient (Wildman–Crippen LogP) is 5.87. The lowest BCUT2D eigenvalue weighted by atomic mass is 10.1. The molecule has 0 spiro atoms. The van der Waals surface area contributed by atoms with Crippen molar-refractivity contribution in [3.63, 3.8) is 0 Å². The second kappa shape index (κ2) is 10.2. The Morgan fingerprint density at radius 2 is 1.30 bits per heavy atom. The fraction of sp³-hybridized carbons (Fsp3) is 0.120. The highest BCUT2D eigenvalue weighted by Crippen LogP contribution is 2.20. The highest BCUT2D eigenvalue weighted by atomic mass is 16.2. The molecule has 2 heterocycles. The molecule has 4 rings (SSSR count). The second-order valence-electron chi connectivity index (χ2n) is 7.46. The molecule has 0 fully saturated rings. The topological polar surface area (TPSA) is 104 Å². The maximum absolute atomic E-state index is 12.3. The van der Waals surface area contributed by atoms with Crippen LogP contribution >= 0.6 is 0 Å². The number of hydrogen-bond donors (Lipinski definition) is 4. The van der Waals surface area contributed by atoms with E-state index >= 15 is 0 Å². The number of carbonyl (C=O) groups is 1. The summed E-state index contributed by atoms with van der Waals surface area (Å²) in [6.45, 7) is 4.10. The third kappa shape index (κ3) is 6.27. The average Bonchev–Trinajstić information content (AvgIpc) is 2.81. The molecule has 33 heavy (non-hydrogen) atoms. The van der Waals surface area contributed by atoms with E-state index in [1.54, 1.807) is 12.3 Å². The summed E-state index contributed by atoms with van der Waals surface area (Å²) >= 11 is 0. The van der Waals surface area contributed by atoms with Gasteiger partial charge in [-0.15, -0.1) is 0 Å². The van der Waals surface area contributed by atoms with Crippen molar-refractivity contribution in [2.24, 2.45) is 0 Å². The van der Waals surface area contributed by atoms with Crippen LogP contribution in [-0.2, 0) is 6.42 Å². The van der Waals surface area contributed by atoms with Crippen molar-refractivity contribution in [3.05, 3.63) is 90.4 Å². The molecule has 4 aromatic rings. The number of aryl methyl sites for hydroxylation is 2. The van der Waals surface area contributed by atoms with Gasteiger partial charge in [-0.3, -0.25) is 0 Å². The minimum Gasteiger partial charge on any atom is -0.340 e. The van der Waals surface area contributed by atoms with Crippen molar-refractivity contribution >= 4 is 40.5 Å². The predicted molar refractivity (Wildman–Crippen MR) is 132 cm³/mol. The summed E-state index contributed by atoms with van der Waals surface area (Å²) < 4.78 is 0. The van der Waals surface area contributed by atoms with E-state index in [1.807, 2.05) is 67.6 Å². The fourth-order valence-corrected chi connectivity index (χ4v) is 3.13. The Balaban J connectivity index is 1.34. The van der Waals surface area contributed by atoms with Crippen LogP contribution in [0.2, 0.25) is 0 Å². The van der Waals surface area contributed by atoms with Gasteiger partial charge in [-0.05, 0) is 73.0 Å². The van der Waals surface area contributed by atoms with Gasteiger partial charge >= 0.3 is 6.03 Å². The third-order valence-corrected chi connectivity index (χ3v) is 4.87. The van der Waals surface area contributed by atoms with Gasteiger partial charge in [0.25, 0.3) is 0 Å². The van der Waals surface area contributed by atoms with E-state index in [-0.39, 0.29) is 6.03 Å². The zero-order valence-electron chi connectivity index (χ0n) is 18.5. The Labute approximate surface area is 192 Å². The Morgan fingerprint density at radius 3 is 1.94 bits per heavy atom. The number of rotatable bonds is 7. The maximum atomic E-state index is 12.3. The molecule has 0 unspecified atom stereocenters. The second-order valence-corrected chi connectivity index (χ2v) is 7.46. The molecule has 0 aliphatic carbocycles. The molecule has 2 aromatic heterocycles. The van der Waals surface area contributed by atoms with Gasteiger partial charge in [0.1, 0.15) is 23.8 Å². The molecule has 8 nitrogen and oxygen atoms in total. The SMILES string of the molecule is CCc1ccc(NC(=O)Nc2ccc(Nc3cc(Nc4cc(C)ccn4)ncn3)cc2)cc1. The first-order valence-corrected chi connectivity index (χ1v) is 10.6. The third-order valence-electron chi connectivity index (χ3n) is 4.87. The number of anilines is 6. The van der Waals surface area contributed by atoms with Crippen LogP contribution in [0.15, 0.2) is 79.3 Å². The zero-order chi connectivity index (χ0) is 23.0. The minimum atomic E-state index is -0.295. The highest BCUT2D eigenvalue weighted by Gasteiger charge is 2.05. The number of urea groups is 1. The fourth-order valence-electron chi connectivity index (χ4n) is 3.13. The Hall–Kier alpha value is -4.46. The van der Waals surface area contributed by atoms with Gasteiger partial charge in [0, 0.05) is 29.3 Å². The monoisotopic (exact) mass is 439 g/mol. The van der Waals surface area contributed by atoms with Crippen LogP contribution in [0.1, 0.15) is 18.1 Å². The molecule has 166 valence electrons. The molecule has 0 aliphatic heterocycles. The number of carbonyl (C=O) groups excluding carboxylic acids is 1. The maximum Gasteiger partial charge on any atom is 0.323 e. The Morgan fingerprint density at radius 1 is 0.727 bits per heavy atom. The van der Waals surface area contributed by atoms with Crippen molar-refractivity contribution in [1.29, 1.82) is 0 Å². The van der Waals surface area contributed by atoms with E-state index in [0.29, 0.717) is 17.3 Å². The standard InChI is InChI=1S/C25H25N7O/c1-3-18-4-6-20(7-5-18)30-25(33)31-21-10-8-19(9-11-21)29-23-15-24(28-16-27-23)32-22-14-17(2)12-13-26-22/h4-16H,3H2,1-2H3,(H2,30,31,33)(H2,26,27,28,29,32). The number of amides is 2. The number of nitrogens with one attached hydrogen (secondary N) is 4. The number of hydrogen-bond acceptors (Lipinski definition) is 6. The van der Waals surface area contributed by atoms with Gasteiger partial charge in [0.05, 0.1) is 0 Å². The molecule has 0 bridgehead atoms. The summed E-state index contributed by atoms with van der Waals surface area (Å²) in [4.78, 5) is 25.0. The summed E-state index contributed by atoms with van der Waals surface area (Å²) in [5.74, 6) is 1.98. The first-order chi connectivity index (χ1) is 16.1. The molecule has 8 heteroatoms. The smallest absolute Gasteiger partial charge is 0.323 e. The minimum absolute atomic E-state index is 0.295. The van der Waals surface area contributed by atoms with Crippen molar-refractivity contribution in [1.82, 2.24) is 15.0 Å². The van der Waals surface area contributed by atoms with E-state index in [0.717, 1.165) is 29.2 Å². The number of aromatic nitrogens is 3. The number of pyridine rings is 1. The lowest BCUT2D eigenvalue weighted by Gasteiger charge is -2.10. The molecule has 0 aliphatic rings. The highest BCUT2D eigenvalue weighted by molar-refractivity contribution is 5.99. The van der Waals surface area contributed by atoms with Crippen molar-refractivity contribution in [2.75, 3.05) is 21.3 Å². The molecule has 0 saturated heterocycles. The molecule has 0 atom stereocenters. The van der Waals surface area contributed by atoms with Crippen LogP contribution in [-0.4, -0.2) is 21.0 Å². The summed E-state index contributed by atoms with van der Waals surface area (Å²) in [6.07, 6.45) is 4.19. The van der Waals surface area contributed by atoms with Crippen LogP contribution in [0.5, 0.6) is 0 Å². The molecular weight excluding hydrogens is 414 g/mol. The average molecular weight is 440 g/mol. The van der Waals surface area contributed by atoms with Crippen LogP contribution in [0, 0.1) is 6.92 Å². The van der Waals surface area contributed by atoms with Crippen molar-refractivity contribution in [2.45, 2.75) is 20.3 Å². The van der Waals surface area contributed by atoms with Gasteiger partial charge in [0.2, 0.25) is 0 Å². The summed E-state index contributed by atoms with van der Waals surface area (Å²) in [5, 5.41) is 12.1. The van der Waals surface area contributed by atoms with Crippen LogP contribution in [0.4, 0.5) is 39.3 Å². The molecule has 2 amide bonds. The quantitative estimate of drug-likeness (QED) is 0.287. The van der Waals surface area contributed by atoms with Crippen LogP contribution < -0.4 is 21.3 Å². The molecule has 2 aromatic carbocycles. The van der Waals surface area contributed by atoms with Crippen LogP contribution in [0.3, 0.4) is 0 Å². The first-order valence-electron chi connectivity index (χ1n) is 10.6. The molecule has 0 radical (unpaired) electrons. The zero-order valence-corrected chi connectivity index (χ0v) is 18.5. The van der Waals surface area contributed by atoms with Gasteiger partial charge in [-0.25, -0.2) is 19.7 Å². The Bertz CT molecular complexity index is 1220. The molecule has 0 saturated carbocycles. The van der Waals surface area contributed by atoms with Gasteiger partial charge in [-0.1, -0.05) is 19.1 Å². The van der Waals surface area contributed by atoms with Gasteiger partial charge < -0.3 is 21.3 Å². The lowest BCUT2D eigenvalue weighted by Crippen LogP contribution is -2.19. The van der Waals surface area contributed by atoms with E-state index in [9.17, 15) is 4.79 Å². The van der Waals surface area contributed by atoms with Crippen molar-refractivity contribution < 1.29 is 4.79 Å². The van der Waals surface area contributed by atoms with E-state index in [4.69, 9.17) is 0 Å². The largest absolute Gasteiger partial charge is 0.340 e. The van der Waals surface area contributed by atoms with Crippen LogP contribution in [0.25, 0.3) is 0 Å². The normalized spacial score (nSPS) is 10.4. The van der Waals surface area contributed by atoms with E-state index in [1.165, 1.54) is 11.9 Å². The number of benzene rings is 2. The van der Waals surface area contributed by atoms with Gasteiger partial charge in [-0.2, -0.15) is 0 Å². The summed E-state index contributed by atoms with van der Waals surface area (Å²) in [7, 11) is 0. The van der Waals surface area contributed by atoms with E-state index in [2.05, 4.69) is 43.1 Å². The Kier molecular flexibility index (Phi) is 6.75. The summed E-state index contributed by atoms with van der Waals surface area (Å²) in [6, 6.07) is 20.5. The molecule has 4 N–H and O–H groups in total. The van der Waals surface area contributed by atoms with E-state index < -0.39 is 0 Å². The van der Waals surface area contributed by atoms with Crippen molar-refractivity contribution in [3.8, 4) is 0 Å². The molecular formula is C25H25N7O. The summed E-state index contributed by atoms with van der Waals surface area (Å²) in [5.41, 5.74) is 4.59. The number of nitrogens with zero attached hydrogens (tertiary/aromatic N) is 3.